The number of nitrogens with one attached hydrogen (secondary N) is 2. The molecule has 1 unspecified atom stereocenters. The molecule has 0 aromatic rings. The molecule has 0 aromatic heterocycles. The van der Waals surface area contributed by atoms with E-state index in [1.165, 1.54) is 0 Å². The summed E-state index contributed by atoms with van der Waals surface area (Å²) in [5, 5.41) is 6.69. The first-order chi connectivity index (χ1) is 12.7. The van der Waals surface area contributed by atoms with E-state index in [4.69, 9.17) is 9.47 Å². The molecule has 7 nitrogen and oxygen atoms in total. The number of amides is 1. The van der Waals surface area contributed by atoms with Crippen molar-refractivity contribution in [1.29, 1.82) is 0 Å². The zero-order chi connectivity index (χ0) is 20.3. The van der Waals surface area contributed by atoms with Crippen LogP contribution in [-0.4, -0.2) is 69.0 Å². The van der Waals surface area contributed by atoms with E-state index < -0.39 is 5.60 Å². The Labute approximate surface area is 188 Å². The van der Waals surface area contributed by atoms with Gasteiger partial charge in [0.1, 0.15) is 5.60 Å². The monoisotopic (exact) mass is 512 g/mol. The SMILES string of the molecule is CN=C(NCCCOCC(C)C)NCC1CCCN(C(=O)OC(C)(C)C)C1.I. The zero-order valence-electron chi connectivity index (χ0n) is 18.5. The second kappa shape index (κ2) is 14.3. The molecular formula is C20H41IN4O3. The van der Waals surface area contributed by atoms with Crippen LogP contribution in [0.15, 0.2) is 4.99 Å². The fourth-order valence-corrected chi connectivity index (χ4v) is 2.89. The van der Waals surface area contributed by atoms with Gasteiger partial charge in [-0.3, -0.25) is 4.99 Å². The van der Waals surface area contributed by atoms with E-state index in [0.29, 0.717) is 11.8 Å². The van der Waals surface area contributed by atoms with Crippen LogP contribution < -0.4 is 10.6 Å². The van der Waals surface area contributed by atoms with Crippen LogP contribution in [0.3, 0.4) is 0 Å². The minimum absolute atomic E-state index is 0. The highest BCUT2D eigenvalue weighted by molar-refractivity contribution is 14.0. The van der Waals surface area contributed by atoms with E-state index in [-0.39, 0.29) is 30.1 Å². The Morgan fingerprint density at radius 1 is 1.29 bits per heavy atom. The lowest BCUT2D eigenvalue weighted by Gasteiger charge is -2.34. The summed E-state index contributed by atoms with van der Waals surface area (Å²) in [5.74, 6) is 1.77. The summed E-state index contributed by atoms with van der Waals surface area (Å²) >= 11 is 0. The molecule has 0 aliphatic carbocycles. The van der Waals surface area contributed by atoms with Crippen LogP contribution in [0.2, 0.25) is 0 Å². The van der Waals surface area contributed by atoms with Gasteiger partial charge < -0.3 is 25.0 Å². The molecule has 0 saturated carbocycles. The molecule has 2 N–H and O–H groups in total. The summed E-state index contributed by atoms with van der Waals surface area (Å²) in [6.07, 6.45) is 2.84. The normalized spacial score (nSPS) is 17.9. The third-order valence-electron chi connectivity index (χ3n) is 4.16. The summed E-state index contributed by atoms with van der Waals surface area (Å²) < 4.78 is 11.1. The number of aliphatic imine (C=N–C) groups is 1. The van der Waals surface area contributed by atoms with E-state index in [1.54, 1.807) is 7.05 Å². The number of hydrogen-bond donors (Lipinski definition) is 2. The summed E-state index contributed by atoms with van der Waals surface area (Å²) in [4.78, 5) is 18.4. The number of hydrogen-bond acceptors (Lipinski definition) is 4. The first kappa shape index (κ1) is 27.2. The lowest BCUT2D eigenvalue weighted by molar-refractivity contribution is 0.0168. The maximum absolute atomic E-state index is 12.3. The van der Waals surface area contributed by atoms with Gasteiger partial charge >= 0.3 is 6.09 Å². The van der Waals surface area contributed by atoms with Gasteiger partial charge in [0.15, 0.2) is 5.96 Å². The summed E-state index contributed by atoms with van der Waals surface area (Å²) in [7, 11) is 1.78. The number of piperidine rings is 1. The molecule has 1 rings (SSSR count). The minimum atomic E-state index is -0.451. The molecule has 28 heavy (non-hydrogen) atoms. The molecule has 1 amide bonds. The van der Waals surface area contributed by atoms with Crippen molar-refractivity contribution in [1.82, 2.24) is 15.5 Å². The second-order valence-electron chi connectivity index (χ2n) is 8.64. The topological polar surface area (TPSA) is 75.2 Å². The fraction of sp³-hybridized carbons (Fsp3) is 0.900. The van der Waals surface area contributed by atoms with Gasteiger partial charge in [0.25, 0.3) is 0 Å². The van der Waals surface area contributed by atoms with Crippen molar-refractivity contribution in [2.24, 2.45) is 16.8 Å². The lowest BCUT2D eigenvalue weighted by atomic mass is 9.98. The van der Waals surface area contributed by atoms with Crippen molar-refractivity contribution in [2.75, 3.05) is 46.4 Å². The van der Waals surface area contributed by atoms with E-state index in [1.807, 2.05) is 25.7 Å². The highest BCUT2D eigenvalue weighted by atomic mass is 127. The number of rotatable bonds is 8. The van der Waals surface area contributed by atoms with Crippen molar-refractivity contribution < 1.29 is 14.3 Å². The van der Waals surface area contributed by atoms with Gasteiger partial charge in [-0.05, 0) is 51.9 Å². The quantitative estimate of drug-likeness (QED) is 0.226. The van der Waals surface area contributed by atoms with Crippen LogP contribution in [0.5, 0.6) is 0 Å². The van der Waals surface area contributed by atoms with Crippen molar-refractivity contribution in [3.8, 4) is 0 Å². The Morgan fingerprint density at radius 3 is 2.61 bits per heavy atom. The number of nitrogens with zero attached hydrogens (tertiary/aromatic N) is 2. The van der Waals surface area contributed by atoms with E-state index >= 15 is 0 Å². The van der Waals surface area contributed by atoms with Crippen molar-refractivity contribution in [3.05, 3.63) is 0 Å². The summed E-state index contributed by atoms with van der Waals surface area (Å²) in [6, 6.07) is 0. The Morgan fingerprint density at radius 2 is 2.00 bits per heavy atom. The van der Waals surface area contributed by atoms with Gasteiger partial charge in [0.2, 0.25) is 0 Å². The molecule has 0 radical (unpaired) electrons. The molecule has 0 spiro atoms. The predicted molar refractivity (Wildman–Crippen MR) is 126 cm³/mol. The molecule has 1 heterocycles. The average molecular weight is 512 g/mol. The van der Waals surface area contributed by atoms with Crippen molar-refractivity contribution in [2.45, 2.75) is 59.5 Å². The zero-order valence-corrected chi connectivity index (χ0v) is 20.9. The van der Waals surface area contributed by atoms with E-state index in [0.717, 1.165) is 64.6 Å². The first-order valence-corrected chi connectivity index (χ1v) is 10.2. The maximum atomic E-state index is 12.3. The van der Waals surface area contributed by atoms with Crippen molar-refractivity contribution >= 4 is 36.0 Å². The van der Waals surface area contributed by atoms with Gasteiger partial charge in [-0.2, -0.15) is 0 Å². The standard InChI is InChI=1S/C20H40N4O3.HI/c1-16(2)15-26-12-8-10-22-18(21-6)23-13-17-9-7-11-24(14-17)19(25)27-20(3,4)5;/h16-17H,7-15H2,1-6H3,(H2,21,22,23);1H. The van der Waals surface area contributed by atoms with Crippen LogP contribution in [0.25, 0.3) is 0 Å². The first-order valence-electron chi connectivity index (χ1n) is 10.2. The average Bonchev–Trinajstić information content (AvgIpc) is 2.59. The largest absolute Gasteiger partial charge is 0.444 e. The molecule has 1 atom stereocenters. The number of likely N-dealkylation sites (tertiary alicyclic amines) is 1. The highest BCUT2D eigenvalue weighted by Gasteiger charge is 2.27. The maximum Gasteiger partial charge on any atom is 0.410 e. The third-order valence-corrected chi connectivity index (χ3v) is 4.16. The smallest absolute Gasteiger partial charge is 0.410 e. The Balaban J connectivity index is 0.00000729. The fourth-order valence-electron chi connectivity index (χ4n) is 2.89. The molecule has 8 heteroatoms. The summed E-state index contributed by atoms with van der Waals surface area (Å²) in [6.45, 7) is 14.7. The predicted octanol–water partition coefficient (Wildman–Crippen LogP) is 3.48. The summed E-state index contributed by atoms with van der Waals surface area (Å²) in [5.41, 5.74) is -0.451. The molecule has 0 bridgehead atoms. The number of carbonyl (C=O) groups is 1. The van der Waals surface area contributed by atoms with Crippen LogP contribution in [-0.2, 0) is 9.47 Å². The minimum Gasteiger partial charge on any atom is -0.444 e. The highest BCUT2D eigenvalue weighted by Crippen LogP contribution is 2.18. The van der Waals surface area contributed by atoms with Crippen molar-refractivity contribution in [3.63, 3.8) is 0 Å². The molecular weight excluding hydrogens is 471 g/mol. The van der Waals surface area contributed by atoms with Gasteiger partial charge in [-0.15, -0.1) is 24.0 Å². The van der Waals surface area contributed by atoms with E-state index in [2.05, 4.69) is 29.5 Å². The van der Waals surface area contributed by atoms with Crippen LogP contribution in [0, 0.1) is 11.8 Å². The second-order valence-corrected chi connectivity index (χ2v) is 8.64. The molecule has 166 valence electrons. The molecule has 1 aliphatic heterocycles. The van der Waals surface area contributed by atoms with E-state index in [9.17, 15) is 4.79 Å². The molecule has 0 aromatic carbocycles. The van der Waals surface area contributed by atoms with Gasteiger partial charge in [-0.1, -0.05) is 13.8 Å². The van der Waals surface area contributed by atoms with Crippen LogP contribution in [0.1, 0.15) is 53.9 Å². The molecule has 1 fully saturated rings. The molecule has 1 aliphatic rings. The Hall–Kier alpha value is -0.770. The number of carbonyl (C=O) groups excluding carboxylic acids is 1. The van der Waals surface area contributed by atoms with Gasteiger partial charge in [0, 0.05) is 46.4 Å². The van der Waals surface area contributed by atoms with Gasteiger partial charge in [-0.25, -0.2) is 4.79 Å². The van der Waals surface area contributed by atoms with Crippen LogP contribution >= 0.6 is 24.0 Å². The Kier molecular flexibility index (Phi) is 13.9. The van der Waals surface area contributed by atoms with Crippen LogP contribution in [0.4, 0.5) is 4.79 Å². The Bertz CT molecular complexity index is 467. The third kappa shape index (κ3) is 12.6. The lowest BCUT2D eigenvalue weighted by Crippen LogP contribution is -2.47. The number of halogens is 1. The molecule has 1 saturated heterocycles. The van der Waals surface area contributed by atoms with Gasteiger partial charge in [0.05, 0.1) is 0 Å². The number of ether oxygens (including phenoxy) is 2. The number of guanidine groups is 1.